The van der Waals surface area contributed by atoms with Crippen molar-refractivity contribution in [2.75, 3.05) is 13.7 Å². The third-order valence-corrected chi connectivity index (χ3v) is 6.57. The van der Waals surface area contributed by atoms with Gasteiger partial charge in [-0.3, -0.25) is 4.79 Å². The summed E-state index contributed by atoms with van der Waals surface area (Å²) in [6.45, 7) is 2.29. The minimum atomic E-state index is -0.563. The van der Waals surface area contributed by atoms with E-state index in [4.69, 9.17) is 4.74 Å². The standard InChI is InChI=1S/C21H26O4/c1-21-8-4-3-5-16(21)20(25-2)19(24)15-9-14-13(10-17(15)21)12(11-22)6-7-18(14)23/h9-10,12,18,22-23H,3-8,11H2,1-2H3. The Hall–Kier alpha value is -1.65. The largest absolute Gasteiger partial charge is 0.493 e. The van der Waals surface area contributed by atoms with E-state index in [0.29, 0.717) is 17.7 Å². The molecule has 3 unspecified atom stereocenters. The third kappa shape index (κ3) is 2.31. The molecule has 0 radical (unpaired) electrons. The molecule has 0 spiro atoms. The number of Topliss-reactive ketones (excluding diaryl/α,β-unsaturated/α-hetero) is 1. The molecule has 3 atom stereocenters. The quantitative estimate of drug-likeness (QED) is 0.863. The topological polar surface area (TPSA) is 66.8 Å². The molecular weight excluding hydrogens is 316 g/mol. The van der Waals surface area contributed by atoms with Crippen LogP contribution < -0.4 is 0 Å². The smallest absolute Gasteiger partial charge is 0.227 e. The van der Waals surface area contributed by atoms with Gasteiger partial charge in [-0.1, -0.05) is 19.4 Å². The SMILES string of the molecule is COC1=C2CCCCC2(C)c2cc3c(cc2C1=O)C(O)CCC3CO. The van der Waals surface area contributed by atoms with Crippen molar-refractivity contribution in [2.45, 2.75) is 62.9 Å². The number of rotatable bonds is 2. The minimum Gasteiger partial charge on any atom is -0.493 e. The van der Waals surface area contributed by atoms with E-state index >= 15 is 0 Å². The van der Waals surface area contributed by atoms with Crippen molar-refractivity contribution in [3.05, 3.63) is 45.7 Å². The van der Waals surface area contributed by atoms with E-state index in [-0.39, 0.29) is 23.7 Å². The molecule has 1 fully saturated rings. The van der Waals surface area contributed by atoms with Crippen LogP contribution in [0.1, 0.15) is 84.5 Å². The lowest BCUT2D eigenvalue weighted by Gasteiger charge is -2.43. The Morgan fingerprint density at radius 2 is 2.04 bits per heavy atom. The maximum Gasteiger partial charge on any atom is 0.227 e. The molecule has 0 heterocycles. The Morgan fingerprint density at radius 1 is 1.24 bits per heavy atom. The van der Waals surface area contributed by atoms with Crippen LogP contribution in [0.25, 0.3) is 0 Å². The fourth-order valence-corrected chi connectivity index (χ4v) is 5.12. The number of methoxy groups -OCH3 is 1. The van der Waals surface area contributed by atoms with Gasteiger partial charge < -0.3 is 14.9 Å². The molecule has 4 nitrogen and oxygen atoms in total. The number of ether oxygens (including phenoxy) is 1. The Morgan fingerprint density at radius 3 is 2.76 bits per heavy atom. The average Bonchev–Trinajstić information content (AvgIpc) is 2.62. The first-order valence-electron chi connectivity index (χ1n) is 9.30. The molecule has 0 saturated heterocycles. The zero-order valence-corrected chi connectivity index (χ0v) is 15.0. The van der Waals surface area contributed by atoms with E-state index in [1.165, 1.54) is 0 Å². The lowest BCUT2D eigenvalue weighted by atomic mass is 9.61. The van der Waals surface area contributed by atoms with Crippen LogP contribution in [0.3, 0.4) is 0 Å². The highest BCUT2D eigenvalue weighted by Gasteiger charge is 2.45. The molecule has 1 aromatic rings. The van der Waals surface area contributed by atoms with Gasteiger partial charge in [0, 0.05) is 23.5 Å². The molecule has 0 aliphatic heterocycles. The predicted octanol–water partition coefficient (Wildman–Crippen LogP) is 3.52. The van der Waals surface area contributed by atoms with Crippen LogP contribution in [-0.4, -0.2) is 29.7 Å². The number of aliphatic hydroxyl groups is 2. The molecule has 3 aliphatic rings. The summed E-state index contributed by atoms with van der Waals surface area (Å²) in [5.41, 5.74) is 4.47. The van der Waals surface area contributed by atoms with Gasteiger partial charge in [0.25, 0.3) is 0 Å². The summed E-state index contributed by atoms with van der Waals surface area (Å²) in [5, 5.41) is 20.2. The van der Waals surface area contributed by atoms with Gasteiger partial charge in [-0.15, -0.1) is 0 Å². The second-order valence-corrected chi connectivity index (χ2v) is 7.88. The van der Waals surface area contributed by atoms with E-state index in [0.717, 1.165) is 54.4 Å². The summed E-state index contributed by atoms with van der Waals surface area (Å²) >= 11 is 0. The van der Waals surface area contributed by atoms with Gasteiger partial charge in [0.1, 0.15) is 0 Å². The first-order valence-corrected chi connectivity index (χ1v) is 9.30. The van der Waals surface area contributed by atoms with Gasteiger partial charge in [0.05, 0.1) is 13.2 Å². The van der Waals surface area contributed by atoms with Gasteiger partial charge in [-0.2, -0.15) is 0 Å². The normalized spacial score (nSPS) is 31.3. The summed E-state index contributed by atoms with van der Waals surface area (Å²) in [5.74, 6) is 0.480. The number of hydrogen-bond acceptors (Lipinski definition) is 4. The van der Waals surface area contributed by atoms with Crippen LogP contribution in [0.2, 0.25) is 0 Å². The molecule has 4 heteroatoms. The van der Waals surface area contributed by atoms with E-state index in [9.17, 15) is 15.0 Å². The van der Waals surface area contributed by atoms with E-state index in [2.05, 4.69) is 13.0 Å². The lowest BCUT2D eigenvalue weighted by molar-refractivity contribution is 0.0928. The Kier molecular flexibility index (Phi) is 4.00. The fourth-order valence-electron chi connectivity index (χ4n) is 5.12. The Balaban J connectivity index is 1.96. The first-order chi connectivity index (χ1) is 12.0. The summed E-state index contributed by atoms with van der Waals surface area (Å²) in [4.78, 5) is 13.1. The maximum atomic E-state index is 13.1. The zero-order valence-electron chi connectivity index (χ0n) is 15.0. The number of aliphatic hydroxyl groups excluding tert-OH is 2. The monoisotopic (exact) mass is 342 g/mol. The van der Waals surface area contributed by atoms with Crippen molar-refractivity contribution >= 4 is 5.78 Å². The Labute approximate surface area is 148 Å². The highest BCUT2D eigenvalue weighted by atomic mass is 16.5. The molecule has 4 rings (SSSR count). The van der Waals surface area contributed by atoms with Crippen LogP contribution >= 0.6 is 0 Å². The minimum absolute atomic E-state index is 0.0437. The molecule has 134 valence electrons. The highest BCUT2D eigenvalue weighted by Crippen LogP contribution is 2.51. The van der Waals surface area contributed by atoms with Crippen molar-refractivity contribution in [1.29, 1.82) is 0 Å². The molecule has 0 bridgehead atoms. The molecule has 0 aromatic heterocycles. The third-order valence-electron chi connectivity index (χ3n) is 6.57. The predicted molar refractivity (Wildman–Crippen MR) is 94.6 cm³/mol. The maximum absolute atomic E-state index is 13.1. The summed E-state index contributed by atoms with van der Waals surface area (Å²) in [6, 6.07) is 3.97. The lowest BCUT2D eigenvalue weighted by Crippen LogP contribution is -2.37. The van der Waals surface area contributed by atoms with Gasteiger partial charge in [-0.05, 0) is 60.4 Å². The number of allylic oxidation sites excluding steroid dienone is 2. The van der Waals surface area contributed by atoms with Gasteiger partial charge >= 0.3 is 0 Å². The molecule has 0 amide bonds. The van der Waals surface area contributed by atoms with E-state index < -0.39 is 6.10 Å². The van der Waals surface area contributed by atoms with Gasteiger partial charge in [0.2, 0.25) is 5.78 Å². The van der Waals surface area contributed by atoms with E-state index in [1.807, 2.05) is 6.07 Å². The molecule has 3 aliphatic carbocycles. The Bertz CT molecular complexity index is 763. The summed E-state index contributed by atoms with van der Waals surface area (Å²) in [7, 11) is 1.58. The first kappa shape index (κ1) is 16.8. The fraction of sp³-hybridized carbons (Fsp3) is 0.571. The van der Waals surface area contributed by atoms with Crippen LogP contribution in [-0.2, 0) is 10.2 Å². The zero-order chi connectivity index (χ0) is 17.8. The van der Waals surface area contributed by atoms with Crippen LogP contribution in [0.15, 0.2) is 23.5 Å². The molecule has 1 saturated carbocycles. The molecular formula is C21H26O4. The summed E-state index contributed by atoms with van der Waals surface area (Å²) < 4.78 is 5.54. The molecule has 2 N–H and O–H groups in total. The molecule has 25 heavy (non-hydrogen) atoms. The number of hydrogen-bond donors (Lipinski definition) is 2. The van der Waals surface area contributed by atoms with Crippen molar-refractivity contribution in [1.82, 2.24) is 0 Å². The number of fused-ring (bicyclic) bond motifs is 4. The highest BCUT2D eigenvalue weighted by molar-refractivity contribution is 6.11. The van der Waals surface area contributed by atoms with Gasteiger partial charge in [0.15, 0.2) is 5.76 Å². The van der Waals surface area contributed by atoms with Crippen molar-refractivity contribution in [2.24, 2.45) is 0 Å². The number of benzene rings is 1. The second kappa shape index (κ2) is 5.96. The van der Waals surface area contributed by atoms with Crippen LogP contribution in [0, 0.1) is 0 Å². The van der Waals surface area contributed by atoms with Crippen LogP contribution in [0.4, 0.5) is 0 Å². The number of carbonyl (C=O) groups is 1. The van der Waals surface area contributed by atoms with Crippen LogP contribution in [0.5, 0.6) is 0 Å². The summed E-state index contributed by atoms with van der Waals surface area (Å²) in [6.07, 6.45) is 4.96. The van der Waals surface area contributed by atoms with Gasteiger partial charge in [-0.25, -0.2) is 0 Å². The average molecular weight is 342 g/mol. The molecule has 1 aromatic carbocycles. The number of ketones is 1. The van der Waals surface area contributed by atoms with Crippen molar-refractivity contribution in [3.8, 4) is 0 Å². The van der Waals surface area contributed by atoms with Crippen molar-refractivity contribution < 1.29 is 19.7 Å². The second-order valence-electron chi connectivity index (χ2n) is 7.88. The number of carbonyl (C=O) groups excluding carboxylic acids is 1. The van der Waals surface area contributed by atoms with Crippen molar-refractivity contribution in [3.63, 3.8) is 0 Å². The van der Waals surface area contributed by atoms with E-state index in [1.54, 1.807) is 7.11 Å².